The first-order chi connectivity index (χ1) is 9.75. The molecule has 1 N–H and O–H groups in total. The second kappa shape index (κ2) is 6.99. The lowest BCUT2D eigenvalue weighted by Crippen LogP contribution is -2.10. The average molecular weight is 270 g/mol. The summed E-state index contributed by atoms with van der Waals surface area (Å²) in [7, 11) is 0. The molecule has 0 heterocycles. The van der Waals surface area contributed by atoms with Crippen molar-refractivity contribution in [2.24, 2.45) is 0 Å². The minimum Gasteiger partial charge on any atom is -0.502 e. The Morgan fingerprint density at radius 2 is 1.60 bits per heavy atom. The van der Waals surface area contributed by atoms with Crippen molar-refractivity contribution in [2.45, 2.75) is 6.42 Å². The number of allylic oxidation sites excluding steroid dienone is 1. The zero-order valence-corrected chi connectivity index (χ0v) is 10.7. The summed E-state index contributed by atoms with van der Waals surface area (Å²) >= 11 is 0. The molecule has 0 aliphatic carbocycles. The first-order valence-electron chi connectivity index (χ1n) is 6.12. The van der Waals surface area contributed by atoms with Gasteiger partial charge in [-0.2, -0.15) is 0 Å². The number of rotatable bonds is 5. The fraction of sp³-hybridized carbons (Fsp3) is 0.0625. The fourth-order valence-corrected chi connectivity index (χ4v) is 1.52. The number of aliphatic hydroxyl groups excluding tert-OH is 1. The Hall–Kier alpha value is -2.75. The molecule has 0 unspecified atom stereocenters. The molecule has 4 heteroatoms. The maximum absolute atomic E-state index is 11.5. The van der Waals surface area contributed by atoms with Crippen LogP contribution < -0.4 is 4.89 Å². The normalized spacial score (nSPS) is 10.9. The zero-order chi connectivity index (χ0) is 14.2. The lowest BCUT2D eigenvalue weighted by atomic mass is 10.1. The van der Waals surface area contributed by atoms with Gasteiger partial charge in [0, 0.05) is 0 Å². The fourth-order valence-electron chi connectivity index (χ4n) is 1.52. The van der Waals surface area contributed by atoms with Gasteiger partial charge in [-0.3, -0.25) is 4.89 Å². The van der Waals surface area contributed by atoms with Crippen LogP contribution in [-0.4, -0.2) is 11.1 Å². The van der Waals surface area contributed by atoms with Crippen molar-refractivity contribution in [3.63, 3.8) is 0 Å². The lowest BCUT2D eigenvalue weighted by Gasteiger charge is -2.03. The van der Waals surface area contributed by atoms with E-state index in [4.69, 9.17) is 4.89 Å². The molecule has 20 heavy (non-hydrogen) atoms. The second-order valence-electron chi connectivity index (χ2n) is 4.05. The van der Waals surface area contributed by atoms with Gasteiger partial charge in [0.05, 0.1) is 0 Å². The van der Waals surface area contributed by atoms with Gasteiger partial charge in [0.1, 0.15) is 0 Å². The van der Waals surface area contributed by atoms with E-state index in [-0.39, 0.29) is 0 Å². The van der Waals surface area contributed by atoms with Gasteiger partial charge in [0.15, 0.2) is 5.75 Å². The molecule has 4 nitrogen and oxygen atoms in total. The first-order valence-corrected chi connectivity index (χ1v) is 6.12. The van der Waals surface area contributed by atoms with Crippen molar-refractivity contribution >= 4 is 5.97 Å². The van der Waals surface area contributed by atoms with Gasteiger partial charge in [-0.1, -0.05) is 48.5 Å². The summed E-state index contributed by atoms with van der Waals surface area (Å²) in [5.74, 6) is -1.02. The molecule has 0 fully saturated rings. The van der Waals surface area contributed by atoms with Crippen LogP contribution in [-0.2, 0) is 16.1 Å². The lowest BCUT2D eigenvalue weighted by molar-refractivity contribution is -0.211. The van der Waals surface area contributed by atoms with Crippen LogP contribution >= 0.6 is 0 Å². The van der Waals surface area contributed by atoms with Crippen molar-refractivity contribution in [1.82, 2.24) is 0 Å². The predicted octanol–water partition coefficient (Wildman–Crippen LogP) is 3.21. The first kappa shape index (κ1) is 13.7. The van der Waals surface area contributed by atoms with Gasteiger partial charge in [-0.05, 0) is 30.2 Å². The highest BCUT2D eigenvalue weighted by atomic mass is 17.2. The van der Waals surface area contributed by atoms with E-state index >= 15 is 0 Å². The Bertz CT molecular complexity index is 576. The molecular formula is C16H14O4. The molecular weight excluding hydrogens is 256 g/mol. The number of benzene rings is 2. The van der Waals surface area contributed by atoms with Gasteiger partial charge in [0.2, 0.25) is 5.76 Å². The molecule has 2 aromatic carbocycles. The summed E-state index contributed by atoms with van der Waals surface area (Å²) in [5, 5.41) is 9.56. The van der Waals surface area contributed by atoms with Gasteiger partial charge in [-0.25, -0.2) is 9.68 Å². The maximum Gasteiger partial charge on any atom is 0.419 e. The van der Waals surface area contributed by atoms with Crippen LogP contribution in [0.2, 0.25) is 0 Å². The number of aliphatic hydroxyl groups is 1. The molecule has 0 amide bonds. The van der Waals surface area contributed by atoms with E-state index < -0.39 is 11.7 Å². The largest absolute Gasteiger partial charge is 0.502 e. The van der Waals surface area contributed by atoms with Crippen LogP contribution in [0.15, 0.2) is 72.5 Å². The molecule has 0 aliphatic heterocycles. The summed E-state index contributed by atoms with van der Waals surface area (Å²) in [5.41, 5.74) is 0.982. The Morgan fingerprint density at radius 1 is 1.00 bits per heavy atom. The SMILES string of the molecule is O=C(OOc1ccccc1)C(O)=CCc1ccccc1. The van der Waals surface area contributed by atoms with Gasteiger partial charge in [-0.15, -0.1) is 0 Å². The maximum atomic E-state index is 11.5. The van der Waals surface area contributed by atoms with Crippen molar-refractivity contribution in [3.8, 4) is 5.75 Å². The highest BCUT2D eigenvalue weighted by Gasteiger charge is 2.11. The Morgan fingerprint density at radius 3 is 2.25 bits per heavy atom. The summed E-state index contributed by atoms with van der Waals surface area (Å²) < 4.78 is 0. The molecule has 2 rings (SSSR count). The van der Waals surface area contributed by atoms with E-state index in [0.717, 1.165) is 5.56 Å². The molecule has 0 saturated carbocycles. The van der Waals surface area contributed by atoms with Crippen molar-refractivity contribution in [3.05, 3.63) is 78.1 Å². The topological polar surface area (TPSA) is 55.8 Å². The third kappa shape index (κ3) is 4.17. The smallest absolute Gasteiger partial charge is 0.419 e. The third-order valence-corrected chi connectivity index (χ3v) is 2.54. The standard InChI is InChI=1S/C16H14O4/c17-15(12-11-13-7-3-1-4-8-13)16(18)20-19-14-9-5-2-6-10-14/h1-10,12,17H,11H2. The summed E-state index contributed by atoms with van der Waals surface area (Å²) in [4.78, 5) is 20.8. The summed E-state index contributed by atoms with van der Waals surface area (Å²) in [6, 6.07) is 18.0. The minimum absolute atomic E-state index is 0.386. The van der Waals surface area contributed by atoms with Crippen LogP contribution in [0, 0.1) is 0 Å². The Kier molecular flexibility index (Phi) is 4.78. The van der Waals surface area contributed by atoms with Crippen LogP contribution in [0.5, 0.6) is 5.75 Å². The van der Waals surface area contributed by atoms with E-state index in [1.54, 1.807) is 24.3 Å². The minimum atomic E-state index is -0.926. The van der Waals surface area contributed by atoms with Crippen LogP contribution in [0.4, 0.5) is 0 Å². The van der Waals surface area contributed by atoms with Crippen LogP contribution in [0.25, 0.3) is 0 Å². The Labute approximate surface area is 116 Å². The van der Waals surface area contributed by atoms with E-state index in [9.17, 15) is 9.90 Å². The third-order valence-electron chi connectivity index (χ3n) is 2.54. The second-order valence-corrected chi connectivity index (χ2v) is 4.05. The van der Waals surface area contributed by atoms with Crippen molar-refractivity contribution in [2.75, 3.05) is 0 Å². The number of carbonyl (C=O) groups excluding carboxylic acids is 1. The molecule has 2 aromatic rings. The van der Waals surface area contributed by atoms with Gasteiger partial charge in [0.25, 0.3) is 0 Å². The van der Waals surface area contributed by atoms with Crippen LogP contribution in [0.1, 0.15) is 5.56 Å². The zero-order valence-electron chi connectivity index (χ0n) is 10.7. The van der Waals surface area contributed by atoms with Crippen LogP contribution in [0.3, 0.4) is 0 Å². The van der Waals surface area contributed by atoms with E-state index in [1.165, 1.54) is 6.08 Å². The highest BCUT2D eigenvalue weighted by molar-refractivity contribution is 5.85. The molecule has 0 saturated heterocycles. The predicted molar refractivity (Wildman–Crippen MR) is 74.0 cm³/mol. The molecule has 0 radical (unpaired) electrons. The number of hydrogen-bond donors (Lipinski definition) is 1. The average Bonchev–Trinajstić information content (AvgIpc) is 2.52. The Balaban J connectivity index is 1.85. The van der Waals surface area contributed by atoms with Crippen molar-refractivity contribution in [1.29, 1.82) is 0 Å². The quantitative estimate of drug-likeness (QED) is 0.392. The number of para-hydroxylation sites is 1. The number of carbonyl (C=O) groups is 1. The number of hydrogen-bond acceptors (Lipinski definition) is 4. The molecule has 0 aliphatic rings. The molecule has 102 valence electrons. The van der Waals surface area contributed by atoms with E-state index in [0.29, 0.717) is 12.2 Å². The summed E-state index contributed by atoms with van der Waals surface area (Å²) in [6.45, 7) is 0. The van der Waals surface area contributed by atoms with Gasteiger partial charge >= 0.3 is 5.97 Å². The monoisotopic (exact) mass is 270 g/mol. The van der Waals surface area contributed by atoms with Crippen molar-refractivity contribution < 1.29 is 19.7 Å². The molecule has 0 spiro atoms. The summed E-state index contributed by atoms with van der Waals surface area (Å²) in [6.07, 6.45) is 1.82. The molecule has 0 atom stereocenters. The van der Waals surface area contributed by atoms with Gasteiger partial charge < -0.3 is 5.11 Å². The molecule has 0 bridgehead atoms. The highest BCUT2D eigenvalue weighted by Crippen LogP contribution is 2.10. The van der Waals surface area contributed by atoms with E-state index in [2.05, 4.69) is 4.89 Å². The van der Waals surface area contributed by atoms with E-state index in [1.807, 2.05) is 36.4 Å². The molecule has 0 aromatic heterocycles.